The molecule has 0 radical (unpaired) electrons. The summed E-state index contributed by atoms with van der Waals surface area (Å²) in [5, 5.41) is 5.55. The van der Waals surface area contributed by atoms with E-state index in [1.54, 1.807) is 6.92 Å². The van der Waals surface area contributed by atoms with Gasteiger partial charge in [-0.3, -0.25) is 0 Å². The fourth-order valence-corrected chi connectivity index (χ4v) is 2.93. The lowest BCUT2D eigenvalue weighted by Crippen LogP contribution is -2.47. The van der Waals surface area contributed by atoms with E-state index in [1.165, 1.54) is 0 Å². The van der Waals surface area contributed by atoms with Crippen molar-refractivity contribution in [2.45, 2.75) is 26.8 Å². The first-order chi connectivity index (χ1) is 10.5. The molecule has 5 nitrogen and oxygen atoms in total. The van der Waals surface area contributed by atoms with Crippen LogP contribution in [0.1, 0.15) is 32.4 Å². The zero-order chi connectivity index (χ0) is 16.3. The molecule has 1 aliphatic heterocycles. The van der Waals surface area contributed by atoms with E-state index in [0.29, 0.717) is 11.3 Å². The van der Waals surface area contributed by atoms with Crippen LogP contribution in [0.5, 0.6) is 0 Å². The molecule has 1 aliphatic rings. The molecule has 2 N–H and O–H groups in total. The summed E-state index contributed by atoms with van der Waals surface area (Å²) in [5.74, 6) is -0.421. The van der Waals surface area contributed by atoms with Gasteiger partial charge in [0.05, 0.1) is 18.2 Å². The molecule has 0 aliphatic carbocycles. The summed E-state index contributed by atoms with van der Waals surface area (Å²) in [6.07, 6.45) is 0. The third-order valence-corrected chi connectivity index (χ3v) is 4.11. The molecule has 0 spiro atoms. The molecule has 6 heteroatoms. The van der Waals surface area contributed by atoms with E-state index in [0.717, 1.165) is 10.0 Å². The number of urea groups is 1. The number of amides is 2. The highest BCUT2D eigenvalue weighted by atomic mass is 79.9. The van der Waals surface area contributed by atoms with Gasteiger partial charge in [0, 0.05) is 10.2 Å². The predicted octanol–water partition coefficient (Wildman–Crippen LogP) is 3.28. The highest BCUT2D eigenvalue weighted by Crippen LogP contribution is 2.33. The number of nitrogens with one attached hydrogen (secondary N) is 2. The van der Waals surface area contributed by atoms with Crippen molar-refractivity contribution in [3.05, 3.63) is 45.6 Å². The van der Waals surface area contributed by atoms with E-state index >= 15 is 0 Å². The number of carbonyl (C=O) groups is 2. The lowest BCUT2D eigenvalue weighted by atomic mass is 9.91. The highest BCUT2D eigenvalue weighted by molar-refractivity contribution is 9.10. The normalized spacial score (nSPS) is 18.0. The van der Waals surface area contributed by atoms with Crippen LogP contribution in [-0.4, -0.2) is 18.6 Å². The molecule has 0 saturated carbocycles. The van der Waals surface area contributed by atoms with Gasteiger partial charge in [-0.05, 0) is 24.5 Å². The van der Waals surface area contributed by atoms with Crippen LogP contribution in [0.25, 0.3) is 0 Å². The van der Waals surface area contributed by atoms with Gasteiger partial charge in [-0.2, -0.15) is 0 Å². The predicted molar refractivity (Wildman–Crippen MR) is 87.0 cm³/mol. The number of benzene rings is 1. The molecule has 1 heterocycles. The van der Waals surface area contributed by atoms with Crippen molar-refractivity contribution in [2.75, 3.05) is 6.61 Å². The third kappa shape index (κ3) is 3.32. The van der Waals surface area contributed by atoms with Gasteiger partial charge in [-0.1, -0.05) is 48.0 Å². The molecule has 1 unspecified atom stereocenters. The third-order valence-electron chi connectivity index (χ3n) is 3.39. The second-order valence-electron chi connectivity index (χ2n) is 5.26. The Morgan fingerprint density at radius 2 is 2.05 bits per heavy atom. The van der Waals surface area contributed by atoms with Crippen molar-refractivity contribution in [1.29, 1.82) is 0 Å². The fraction of sp³-hybridized carbons (Fsp3) is 0.375. The molecule has 2 amide bonds. The Bertz CT molecular complexity index is 626. The summed E-state index contributed by atoms with van der Waals surface area (Å²) in [6, 6.07) is 6.64. The Kier molecular flexibility index (Phi) is 5.24. The van der Waals surface area contributed by atoms with Gasteiger partial charge >= 0.3 is 12.0 Å². The number of halogens is 1. The largest absolute Gasteiger partial charge is 0.463 e. The standard InChI is InChI=1S/C16H19BrN2O3/c1-4-22-15(20)12-13(9(2)3)18-16(21)19-14(12)10-7-5-6-8-11(10)17/h5-9,14H,4H2,1-3H3,(H2,18,19,21). The van der Waals surface area contributed by atoms with Crippen LogP contribution in [0.4, 0.5) is 4.79 Å². The first kappa shape index (κ1) is 16.5. The molecule has 0 bridgehead atoms. The van der Waals surface area contributed by atoms with Gasteiger partial charge in [-0.15, -0.1) is 0 Å². The van der Waals surface area contributed by atoms with E-state index in [1.807, 2.05) is 38.1 Å². The van der Waals surface area contributed by atoms with E-state index in [2.05, 4.69) is 26.6 Å². The summed E-state index contributed by atoms with van der Waals surface area (Å²) < 4.78 is 6.01. The smallest absolute Gasteiger partial charge is 0.338 e. The van der Waals surface area contributed by atoms with Crippen LogP contribution < -0.4 is 10.6 Å². The topological polar surface area (TPSA) is 67.4 Å². The fourth-order valence-electron chi connectivity index (χ4n) is 2.42. The van der Waals surface area contributed by atoms with Crippen LogP contribution in [0.15, 0.2) is 40.0 Å². The van der Waals surface area contributed by atoms with Gasteiger partial charge in [0.1, 0.15) is 0 Å². The summed E-state index contributed by atoms with van der Waals surface area (Å²) in [4.78, 5) is 24.4. The van der Waals surface area contributed by atoms with E-state index < -0.39 is 12.0 Å². The van der Waals surface area contributed by atoms with Crippen molar-refractivity contribution >= 4 is 27.9 Å². The highest BCUT2D eigenvalue weighted by Gasteiger charge is 2.35. The molecule has 0 aromatic heterocycles. The maximum atomic E-state index is 12.4. The number of ether oxygens (including phenoxy) is 1. The van der Waals surface area contributed by atoms with E-state index in [-0.39, 0.29) is 18.6 Å². The Morgan fingerprint density at radius 3 is 2.64 bits per heavy atom. The van der Waals surface area contributed by atoms with Crippen molar-refractivity contribution in [3.8, 4) is 0 Å². The summed E-state index contributed by atoms with van der Waals surface area (Å²) in [6.45, 7) is 5.90. The van der Waals surface area contributed by atoms with Crippen LogP contribution in [0, 0.1) is 5.92 Å². The summed E-state index contributed by atoms with van der Waals surface area (Å²) in [5.41, 5.74) is 1.87. The van der Waals surface area contributed by atoms with Crippen LogP contribution in [0.2, 0.25) is 0 Å². The molecule has 1 aromatic carbocycles. The average molecular weight is 367 g/mol. The number of rotatable bonds is 4. The average Bonchev–Trinajstić information content (AvgIpc) is 2.46. The number of hydrogen-bond acceptors (Lipinski definition) is 3. The number of hydrogen-bond donors (Lipinski definition) is 2. The zero-order valence-corrected chi connectivity index (χ0v) is 14.4. The number of allylic oxidation sites excluding steroid dienone is 1. The van der Waals surface area contributed by atoms with E-state index in [9.17, 15) is 9.59 Å². The summed E-state index contributed by atoms with van der Waals surface area (Å²) in [7, 11) is 0. The Balaban J connectivity index is 2.58. The molecule has 1 atom stereocenters. The number of esters is 1. The van der Waals surface area contributed by atoms with Gasteiger partial charge in [0.25, 0.3) is 0 Å². The zero-order valence-electron chi connectivity index (χ0n) is 12.8. The van der Waals surface area contributed by atoms with Gasteiger partial charge in [0.15, 0.2) is 0 Å². The monoisotopic (exact) mass is 366 g/mol. The molecular weight excluding hydrogens is 348 g/mol. The molecule has 1 aromatic rings. The van der Waals surface area contributed by atoms with Gasteiger partial charge < -0.3 is 15.4 Å². The lowest BCUT2D eigenvalue weighted by molar-refractivity contribution is -0.139. The molecular formula is C16H19BrN2O3. The minimum absolute atomic E-state index is 0.00422. The molecule has 0 saturated heterocycles. The molecule has 2 rings (SSSR count). The van der Waals surface area contributed by atoms with Gasteiger partial charge in [0.2, 0.25) is 0 Å². The Morgan fingerprint density at radius 1 is 1.36 bits per heavy atom. The van der Waals surface area contributed by atoms with Crippen LogP contribution >= 0.6 is 15.9 Å². The Hall–Kier alpha value is -1.82. The molecule has 118 valence electrons. The van der Waals surface area contributed by atoms with Crippen molar-refractivity contribution < 1.29 is 14.3 Å². The van der Waals surface area contributed by atoms with Crippen molar-refractivity contribution in [1.82, 2.24) is 10.6 Å². The van der Waals surface area contributed by atoms with Crippen LogP contribution in [-0.2, 0) is 9.53 Å². The van der Waals surface area contributed by atoms with Crippen molar-refractivity contribution in [3.63, 3.8) is 0 Å². The summed E-state index contributed by atoms with van der Waals surface area (Å²) >= 11 is 3.48. The molecule has 22 heavy (non-hydrogen) atoms. The van der Waals surface area contributed by atoms with E-state index in [4.69, 9.17) is 4.74 Å². The first-order valence-corrected chi connectivity index (χ1v) is 7.98. The molecule has 0 fully saturated rings. The lowest BCUT2D eigenvalue weighted by Gasteiger charge is -2.31. The number of carbonyl (C=O) groups excluding carboxylic acids is 2. The maximum absolute atomic E-state index is 12.4. The quantitative estimate of drug-likeness (QED) is 0.803. The minimum Gasteiger partial charge on any atom is -0.463 e. The van der Waals surface area contributed by atoms with Crippen LogP contribution in [0.3, 0.4) is 0 Å². The Labute approximate surface area is 138 Å². The SMILES string of the molecule is CCOC(=O)C1=C(C(C)C)NC(=O)NC1c1ccccc1Br. The second-order valence-corrected chi connectivity index (χ2v) is 6.11. The second kappa shape index (κ2) is 6.96. The van der Waals surface area contributed by atoms with Crippen molar-refractivity contribution in [2.24, 2.45) is 5.92 Å². The maximum Gasteiger partial charge on any atom is 0.338 e. The minimum atomic E-state index is -0.541. The van der Waals surface area contributed by atoms with Gasteiger partial charge in [-0.25, -0.2) is 9.59 Å². The first-order valence-electron chi connectivity index (χ1n) is 7.18.